The lowest BCUT2D eigenvalue weighted by molar-refractivity contribution is -0.0498. The Bertz CT molecular complexity index is 630. The summed E-state index contributed by atoms with van der Waals surface area (Å²) in [5.41, 5.74) is 2.56. The normalized spacial score (nSPS) is 10.6. The van der Waals surface area contributed by atoms with Crippen LogP contribution < -0.4 is 10.1 Å². The lowest BCUT2D eigenvalue weighted by Gasteiger charge is -2.08. The maximum atomic E-state index is 12.1. The quantitative estimate of drug-likeness (QED) is 0.827. The summed E-state index contributed by atoms with van der Waals surface area (Å²) in [7, 11) is 0. The fourth-order valence-electron chi connectivity index (χ4n) is 1.99. The van der Waals surface area contributed by atoms with Gasteiger partial charge in [0.2, 0.25) is 0 Å². The van der Waals surface area contributed by atoms with Crippen LogP contribution in [0.15, 0.2) is 48.5 Å². The smallest absolute Gasteiger partial charge is 0.387 e. The average Bonchev–Trinajstić information content (AvgIpc) is 2.54. The number of hydrogen-bond acceptors (Lipinski definition) is 3. The van der Waals surface area contributed by atoms with Gasteiger partial charge in [0.25, 0.3) is 5.91 Å². The van der Waals surface area contributed by atoms with Crippen LogP contribution >= 0.6 is 11.8 Å². The van der Waals surface area contributed by atoms with Crippen molar-refractivity contribution in [3.05, 3.63) is 65.2 Å². The van der Waals surface area contributed by atoms with Crippen molar-refractivity contribution in [2.24, 2.45) is 0 Å². The predicted molar refractivity (Wildman–Crippen MR) is 87.9 cm³/mol. The Morgan fingerprint density at radius 3 is 2.26 bits per heavy atom. The highest BCUT2D eigenvalue weighted by molar-refractivity contribution is 7.97. The fourth-order valence-corrected chi connectivity index (χ4v) is 2.52. The second-order valence-electron chi connectivity index (χ2n) is 4.84. The molecule has 0 aliphatic rings. The molecule has 0 saturated heterocycles. The molecule has 2 aromatic rings. The van der Waals surface area contributed by atoms with Gasteiger partial charge in [-0.3, -0.25) is 4.79 Å². The van der Waals surface area contributed by atoms with Crippen LogP contribution in [0.4, 0.5) is 8.78 Å². The number of benzene rings is 2. The zero-order chi connectivity index (χ0) is 16.7. The summed E-state index contributed by atoms with van der Waals surface area (Å²) < 4.78 is 28.4. The van der Waals surface area contributed by atoms with Gasteiger partial charge in [0.15, 0.2) is 0 Å². The second-order valence-corrected chi connectivity index (χ2v) is 5.70. The van der Waals surface area contributed by atoms with Gasteiger partial charge in [0.1, 0.15) is 5.75 Å². The predicted octanol–water partition coefficient (Wildman–Crippen LogP) is 4.08. The minimum absolute atomic E-state index is 0.0967. The molecule has 6 heteroatoms. The summed E-state index contributed by atoms with van der Waals surface area (Å²) in [5.74, 6) is 0.836. The number of thioether (sulfide) groups is 1. The molecular formula is C17H17F2NO2S. The van der Waals surface area contributed by atoms with Gasteiger partial charge in [-0.05, 0) is 41.6 Å². The van der Waals surface area contributed by atoms with E-state index in [1.165, 1.54) is 17.7 Å². The van der Waals surface area contributed by atoms with E-state index in [1.54, 1.807) is 36.0 Å². The summed E-state index contributed by atoms with van der Waals surface area (Å²) in [5, 5.41) is 2.79. The van der Waals surface area contributed by atoms with E-state index in [9.17, 15) is 13.6 Å². The summed E-state index contributed by atoms with van der Waals surface area (Å²) in [6, 6.07) is 13.6. The van der Waals surface area contributed by atoms with E-state index in [0.29, 0.717) is 12.1 Å². The molecule has 23 heavy (non-hydrogen) atoms. The zero-order valence-corrected chi connectivity index (χ0v) is 13.4. The number of ether oxygens (including phenoxy) is 1. The van der Waals surface area contributed by atoms with Crippen molar-refractivity contribution >= 4 is 17.7 Å². The first-order valence-corrected chi connectivity index (χ1v) is 8.37. The molecule has 0 fully saturated rings. The number of carbonyl (C=O) groups is 1. The van der Waals surface area contributed by atoms with Crippen molar-refractivity contribution < 1.29 is 18.3 Å². The Hall–Kier alpha value is -2.08. The Balaban J connectivity index is 1.88. The number of hydrogen-bond donors (Lipinski definition) is 1. The summed E-state index contributed by atoms with van der Waals surface area (Å²) in [4.78, 5) is 12.1. The Kier molecular flexibility index (Phi) is 6.40. The largest absolute Gasteiger partial charge is 0.435 e. The molecule has 0 saturated carbocycles. The molecule has 0 atom stereocenters. The van der Waals surface area contributed by atoms with Gasteiger partial charge in [0, 0.05) is 17.9 Å². The Morgan fingerprint density at radius 2 is 1.70 bits per heavy atom. The molecule has 0 unspecified atom stereocenters. The van der Waals surface area contributed by atoms with Gasteiger partial charge in [-0.1, -0.05) is 24.3 Å². The molecule has 1 amide bonds. The van der Waals surface area contributed by atoms with E-state index >= 15 is 0 Å². The maximum absolute atomic E-state index is 12.1. The highest BCUT2D eigenvalue weighted by Gasteiger charge is 2.06. The monoisotopic (exact) mass is 337 g/mol. The second kappa shape index (κ2) is 8.53. The summed E-state index contributed by atoms with van der Waals surface area (Å²) in [6.07, 6.45) is 2.03. The maximum Gasteiger partial charge on any atom is 0.387 e. The first-order chi connectivity index (χ1) is 11.1. The van der Waals surface area contributed by atoms with E-state index in [-0.39, 0.29) is 11.7 Å². The third-order valence-electron chi connectivity index (χ3n) is 3.13. The molecule has 0 heterocycles. The van der Waals surface area contributed by atoms with Crippen LogP contribution in [0.2, 0.25) is 0 Å². The summed E-state index contributed by atoms with van der Waals surface area (Å²) in [6.45, 7) is -2.52. The zero-order valence-electron chi connectivity index (χ0n) is 12.6. The number of halogens is 2. The van der Waals surface area contributed by atoms with Crippen LogP contribution in [-0.4, -0.2) is 18.8 Å². The van der Waals surface area contributed by atoms with E-state index in [0.717, 1.165) is 11.3 Å². The number of alkyl halides is 2. The van der Waals surface area contributed by atoms with Gasteiger partial charge >= 0.3 is 6.61 Å². The lowest BCUT2D eigenvalue weighted by atomic mass is 10.1. The Morgan fingerprint density at radius 1 is 1.09 bits per heavy atom. The summed E-state index contributed by atoms with van der Waals surface area (Å²) >= 11 is 1.72. The lowest BCUT2D eigenvalue weighted by Crippen LogP contribution is -2.22. The van der Waals surface area contributed by atoms with E-state index < -0.39 is 6.61 Å². The van der Waals surface area contributed by atoms with Crippen LogP contribution in [0.1, 0.15) is 21.5 Å². The van der Waals surface area contributed by atoms with E-state index in [2.05, 4.69) is 10.1 Å². The minimum atomic E-state index is -2.84. The van der Waals surface area contributed by atoms with Crippen LogP contribution in [0.3, 0.4) is 0 Å². The molecule has 0 radical (unpaired) electrons. The first-order valence-electron chi connectivity index (χ1n) is 6.98. The average molecular weight is 337 g/mol. The highest BCUT2D eigenvalue weighted by atomic mass is 32.2. The molecule has 122 valence electrons. The molecule has 0 spiro atoms. The molecular weight excluding hydrogens is 320 g/mol. The van der Waals surface area contributed by atoms with Gasteiger partial charge in [-0.15, -0.1) is 0 Å². The molecule has 2 rings (SSSR count). The van der Waals surface area contributed by atoms with Crippen molar-refractivity contribution in [2.75, 3.05) is 6.26 Å². The standard InChI is InChI=1S/C17H17F2NO2S/c1-23-11-13-2-6-14(7-3-13)16(21)20-10-12-4-8-15(9-5-12)22-17(18)19/h2-9,17H,10-11H2,1H3,(H,20,21). The van der Waals surface area contributed by atoms with Crippen molar-refractivity contribution in [3.8, 4) is 5.75 Å². The van der Waals surface area contributed by atoms with Crippen LogP contribution in [-0.2, 0) is 12.3 Å². The third-order valence-corrected chi connectivity index (χ3v) is 3.75. The molecule has 2 aromatic carbocycles. The first kappa shape index (κ1) is 17.3. The van der Waals surface area contributed by atoms with E-state index in [1.807, 2.05) is 18.4 Å². The highest BCUT2D eigenvalue weighted by Crippen LogP contribution is 2.15. The molecule has 3 nitrogen and oxygen atoms in total. The number of nitrogens with one attached hydrogen (secondary N) is 1. The minimum Gasteiger partial charge on any atom is -0.435 e. The molecule has 0 aliphatic heterocycles. The topological polar surface area (TPSA) is 38.3 Å². The number of amides is 1. The van der Waals surface area contributed by atoms with Gasteiger partial charge in [-0.25, -0.2) is 0 Å². The van der Waals surface area contributed by atoms with Gasteiger partial charge in [0.05, 0.1) is 0 Å². The fraction of sp³-hybridized carbons (Fsp3) is 0.235. The SMILES string of the molecule is CSCc1ccc(C(=O)NCc2ccc(OC(F)F)cc2)cc1. The van der Waals surface area contributed by atoms with Crippen LogP contribution in [0, 0.1) is 0 Å². The Labute approximate surface area is 138 Å². The third kappa shape index (κ3) is 5.56. The van der Waals surface area contributed by atoms with Crippen LogP contribution in [0.5, 0.6) is 5.75 Å². The van der Waals surface area contributed by atoms with Gasteiger partial charge in [-0.2, -0.15) is 20.5 Å². The van der Waals surface area contributed by atoms with E-state index in [4.69, 9.17) is 0 Å². The molecule has 1 N–H and O–H groups in total. The van der Waals surface area contributed by atoms with Crippen LogP contribution in [0.25, 0.3) is 0 Å². The van der Waals surface area contributed by atoms with Crippen molar-refractivity contribution in [2.45, 2.75) is 18.9 Å². The van der Waals surface area contributed by atoms with Gasteiger partial charge < -0.3 is 10.1 Å². The molecule has 0 bridgehead atoms. The van der Waals surface area contributed by atoms with Crippen molar-refractivity contribution in [3.63, 3.8) is 0 Å². The van der Waals surface area contributed by atoms with Crippen molar-refractivity contribution in [1.29, 1.82) is 0 Å². The number of rotatable bonds is 7. The molecule has 0 aliphatic carbocycles. The number of carbonyl (C=O) groups excluding carboxylic acids is 1. The molecule has 0 aromatic heterocycles. The van der Waals surface area contributed by atoms with Crippen molar-refractivity contribution in [1.82, 2.24) is 5.32 Å².